The molecule has 1 fully saturated rings. The van der Waals surface area contributed by atoms with Crippen LogP contribution in [-0.4, -0.2) is 16.5 Å². The zero-order valence-corrected chi connectivity index (χ0v) is 12.8. The maximum Gasteiger partial charge on any atom is 0.258 e. The van der Waals surface area contributed by atoms with Crippen LogP contribution in [0, 0.1) is 0 Å². The molecule has 116 valence electrons. The SMILES string of the molecule is O=C(Cn1ccc2ccccc2c1=O)NC1CCCCCC1. The van der Waals surface area contributed by atoms with Crippen molar-refractivity contribution < 1.29 is 4.79 Å². The van der Waals surface area contributed by atoms with Crippen molar-refractivity contribution in [3.63, 3.8) is 0 Å². The highest BCUT2D eigenvalue weighted by atomic mass is 16.2. The van der Waals surface area contributed by atoms with Gasteiger partial charge < -0.3 is 9.88 Å². The molecule has 1 aromatic heterocycles. The number of carbonyl (C=O) groups is 1. The Bertz CT molecular complexity index is 712. The second kappa shape index (κ2) is 6.77. The third-order valence-electron chi connectivity index (χ3n) is 4.42. The minimum Gasteiger partial charge on any atom is -0.352 e. The highest BCUT2D eigenvalue weighted by Crippen LogP contribution is 2.17. The van der Waals surface area contributed by atoms with E-state index in [-0.39, 0.29) is 24.1 Å². The number of amides is 1. The van der Waals surface area contributed by atoms with Crippen molar-refractivity contribution in [2.24, 2.45) is 0 Å². The van der Waals surface area contributed by atoms with Gasteiger partial charge in [0.05, 0.1) is 0 Å². The van der Waals surface area contributed by atoms with Crippen LogP contribution in [0.5, 0.6) is 0 Å². The number of fused-ring (bicyclic) bond motifs is 1. The number of pyridine rings is 1. The highest BCUT2D eigenvalue weighted by Gasteiger charge is 2.15. The van der Waals surface area contributed by atoms with Gasteiger partial charge in [0, 0.05) is 17.6 Å². The van der Waals surface area contributed by atoms with Gasteiger partial charge in [0.15, 0.2) is 0 Å². The molecule has 0 bridgehead atoms. The van der Waals surface area contributed by atoms with Crippen molar-refractivity contribution in [3.05, 3.63) is 46.9 Å². The molecule has 1 saturated carbocycles. The van der Waals surface area contributed by atoms with Crippen LogP contribution in [0.4, 0.5) is 0 Å². The number of nitrogens with zero attached hydrogens (tertiary/aromatic N) is 1. The summed E-state index contributed by atoms with van der Waals surface area (Å²) in [4.78, 5) is 24.6. The Hall–Kier alpha value is -2.10. The van der Waals surface area contributed by atoms with Gasteiger partial charge in [-0.3, -0.25) is 9.59 Å². The normalized spacial score (nSPS) is 16.4. The number of rotatable bonds is 3. The largest absolute Gasteiger partial charge is 0.352 e. The molecule has 1 aliphatic rings. The van der Waals surface area contributed by atoms with Gasteiger partial charge in [-0.2, -0.15) is 0 Å². The van der Waals surface area contributed by atoms with Crippen LogP contribution in [-0.2, 0) is 11.3 Å². The van der Waals surface area contributed by atoms with E-state index in [9.17, 15) is 9.59 Å². The third-order valence-corrected chi connectivity index (χ3v) is 4.42. The Balaban J connectivity index is 1.71. The van der Waals surface area contributed by atoms with E-state index in [1.165, 1.54) is 30.3 Å². The van der Waals surface area contributed by atoms with Crippen molar-refractivity contribution in [1.82, 2.24) is 9.88 Å². The zero-order valence-electron chi connectivity index (χ0n) is 12.8. The van der Waals surface area contributed by atoms with Gasteiger partial charge in [0.2, 0.25) is 5.91 Å². The summed E-state index contributed by atoms with van der Waals surface area (Å²) in [5.41, 5.74) is -0.103. The number of hydrogen-bond acceptors (Lipinski definition) is 2. The maximum atomic E-state index is 12.4. The lowest BCUT2D eigenvalue weighted by Crippen LogP contribution is -2.38. The molecule has 0 spiro atoms. The van der Waals surface area contributed by atoms with E-state index in [1.807, 2.05) is 24.3 Å². The minimum atomic E-state index is -0.103. The van der Waals surface area contributed by atoms with Crippen molar-refractivity contribution >= 4 is 16.7 Å². The number of carbonyl (C=O) groups excluding carboxylic acids is 1. The molecule has 3 rings (SSSR count). The van der Waals surface area contributed by atoms with Crippen LogP contribution in [0.2, 0.25) is 0 Å². The van der Waals surface area contributed by atoms with E-state index in [1.54, 1.807) is 12.3 Å². The molecule has 4 nitrogen and oxygen atoms in total. The topological polar surface area (TPSA) is 51.1 Å². The first kappa shape index (κ1) is 14.8. The van der Waals surface area contributed by atoms with Gasteiger partial charge in [-0.25, -0.2) is 0 Å². The van der Waals surface area contributed by atoms with E-state index in [2.05, 4.69) is 5.32 Å². The molecule has 22 heavy (non-hydrogen) atoms. The predicted octanol–water partition coefficient (Wildman–Crippen LogP) is 2.84. The molecule has 1 amide bonds. The van der Waals surface area contributed by atoms with E-state index in [0.29, 0.717) is 5.39 Å². The second-order valence-electron chi connectivity index (χ2n) is 6.09. The predicted molar refractivity (Wildman–Crippen MR) is 87.8 cm³/mol. The first-order chi connectivity index (χ1) is 10.7. The highest BCUT2D eigenvalue weighted by molar-refractivity contribution is 5.82. The van der Waals surface area contributed by atoms with Crippen LogP contribution in [0.25, 0.3) is 10.8 Å². The van der Waals surface area contributed by atoms with Crippen LogP contribution in [0.15, 0.2) is 41.3 Å². The van der Waals surface area contributed by atoms with Gasteiger partial charge in [-0.1, -0.05) is 43.9 Å². The number of aromatic nitrogens is 1. The summed E-state index contributed by atoms with van der Waals surface area (Å²) in [6.45, 7) is 0.0974. The molecule has 0 atom stereocenters. The van der Waals surface area contributed by atoms with Crippen molar-refractivity contribution in [1.29, 1.82) is 0 Å². The molecule has 1 heterocycles. The van der Waals surface area contributed by atoms with E-state index in [4.69, 9.17) is 0 Å². The summed E-state index contributed by atoms with van der Waals surface area (Å²) < 4.78 is 1.49. The van der Waals surface area contributed by atoms with Crippen LogP contribution in [0.3, 0.4) is 0 Å². The lowest BCUT2D eigenvalue weighted by Gasteiger charge is -2.16. The average molecular weight is 298 g/mol. The van der Waals surface area contributed by atoms with Gasteiger partial charge in [-0.05, 0) is 30.4 Å². The Morgan fingerprint density at radius 3 is 2.59 bits per heavy atom. The van der Waals surface area contributed by atoms with Crippen LogP contribution < -0.4 is 10.9 Å². The fraction of sp³-hybridized carbons (Fsp3) is 0.444. The molecule has 1 aromatic carbocycles. The summed E-state index contributed by atoms with van der Waals surface area (Å²) in [6, 6.07) is 9.62. The summed E-state index contributed by atoms with van der Waals surface area (Å²) >= 11 is 0. The van der Waals surface area contributed by atoms with Crippen molar-refractivity contribution in [2.75, 3.05) is 0 Å². The molecule has 0 aliphatic heterocycles. The molecule has 0 unspecified atom stereocenters. The van der Waals surface area contributed by atoms with Crippen LogP contribution in [0.1, 0.15) is 38.5 Å². The summed E-state index contributed by atoms with van der Waals surface area (Å²) in [6.07, 6.45) is 8.70. The standard InChI is InChI=1S/C18H22N2O2/c21-17(19-15-8-3-1-2-4-9-15)13-20-12-11-14-7-5-6-10-16(14)18(20)22/h5-7,10-12,15H,1-4,8-9,13H2,(H,19,21). The molecule has 0 saturated heterocycles. The fourth-order valence-corrected chi connectivity index (χ4v) is 3.21. The first-order valence-corrected chi connectivity index (χ1v) is 8.11. The van der Waals surface area contributed by atoms with E-state index in [0.717, 1.165) is 18.2 Å². The molecule has 0 radical (unpaired) electrons. The zero-order chi connectivity index (χ0) is 15.4. The molecule has 4 heteroatoms. The van der Waals surface area contributed by atoms with Crippen LogP contribution >= 0.6 is 0 Å². The van der Waals surface area contributed by atoms with E-state index >= 15 is 0 Å². The lowest BCUT2D eigenvalue weighted by molar-refractivity contribution is -0.122. The van der Waals surface area contributed by atoms with Gasteiger partial charge >= 0.3 is 0 Å². The smallest absolute Gasteiger partial charge is 0.258 e. The Morgan fingerprint density at radius 1 is 1.09 bits per heavy atom. The minimum absolute atomic E-state index is 0.0655. The molecule has 1 aliphatic carbocycles. The Kier molecular flexibility index (Phi) is 4.56. The monoisotopic (exact) mass is 298 g/mol. The Morgan fingerprint density at radius 2 is 1.82 bits per heavy atom. The van der Waals surface area contributed by atoms with Crippen molar-refractivity contribution in [2.45, 2.75) is 51.1 Å². The lowest BCUT2D eigenvalue weighted by atomic mass is 10.1. The molecule has 1 N–H and O–H groups in total. The summed E-state index contributed by atoms with van der Waals surface area (Å²) in [5, 5.41) is 4.65. The summed E-state index contributed by atoms with van der Waals surface area (Å²) in [5.74, 6) is -0.0655. The average Bonchev–Trinajstić information content (AvgIpc) is 2.79. The molecular weight excluding hydrogens is 276 g/mol. The van der Waals surface area contributed by atoms with Crippen molar-refractivity contribution in [3.8, 4) is 0 Å². The Labute approximate surface area is 130 Å². The molecule has 2 aromatic rings. The number of benzene rings is 1. The van der Waals surface area contributed by atoms with Gasteiger partial charge in [-0.15, -0.1) is 0 Å². The number of nitrogens with one attached hydrogen (secondary N) is 1. The molecular formula is C18H22N2O2. The third kappa shape index (κ3) is 3.38. The second-order valence-corrected chi connectivity index (χ2v) is 6.09. The van der Waals surface area contributed by atoms with E-state index < -0.39 is 0 Å². The van der Waals surface area contributed by atoms with Gasteiger partial charge in [0.25, 0.3) is 5.56 Å². The number of hydrogen-bond donors (Lipinski definition) is 1. The quantitative estimate of drug-likeness (QED) is 0.886. The van der Waals surface area contributed by atoms with Gasteiger partial charge in [0.1, 0.15) is 6.54 Å². The maximum absolute atomic E-state index is 12.4. The first-order valence-electron chi connectivity index (χ1n) is 8.11. The summed E-state index contributed by atoms with van der Waals surface area (Å²) in [7, 11) is 0. The fourth-order valence-electron chi connectivity index (χ4n) is 3.21.